The molecule has 0 aliphatic rings. The minimum atomic E-state index is -4.31. The van der Waals surface area contributed by atoms with Gasteiger partial charge < -0.3 is 4.74 Å². The zero-order chi connectivity index (χ0) is 20.2. The number of rotatable bonds is 6. The van der Waals surface area contributed by atoms with Crippen LogP contribution in [0.4, 0.5) is 4.79 Å². The minimum Gasteiger partial charge on any atom is -0.452 e. The van der Waals surface area contributed by atoms with Crippen molar-refractivity contribution in [1.29, 1.82) is 0 Å². The van der Waals surface area contributed by atoms with Gasteiger partial charge in [-0.1, -0.05) is 54.6 Å². The Kier molecular flexibility index (Phi) is 6.17. The maximum atomic E-state index is 13.3. The van der Waals surface area contributed by atoms with E-state index in [-0.39, 0.29) is 10.5 Å². The second-order valence-electron chi connectivity index (χ2n) is 5.98. The van der Waals surface area contributed by atoms with Gasteiger partial charge in [0, 0.05) is 5.57 Å². The number of ether oxygens (including phenoxy) is 1. The molecule has 6 nitrogen and oxygen atoms in total. The molecule has 0 saturated carbocycles. The summed E-state index contributed by atoms with van der Waals surface area (Å²) in [7, 11) is -3.23. The first-order chi connectivity index (χ1) is 12.7. The zero-order valence-corrected chi connectivity index (χ0v) is 16.2. The highest BCUT2D eigenvalue weighted by Crippen LogP contribution is 2.34. The van der Waals surface area contributed by atoms with Gasteiger partial charge in [-0.15, -0.1) is 0 Å². The van der Waals surface area contributed by atoms with E-state index in [2.05, 4.69) is 6.58 Å². The lowest BCUT2D eigenvalue weighted by atomic mass is 9.97. The second-order valence-corrected chi connectivity index (χ2v) is 7.79. The molecule has 0 heterocycles. The summed E-state index contributed by atoms with van der Waals surface area (Å²) in [6, 6.07) is 13.2. The van der Waals surface area contributed by atoms with Crippen LogP contribution >= 0.6 is 0 Å². The van der Waals surface area contributed by atoms with Gasteiger partial charge in [-0.3, -0.25) is 4.79 Å². The van der Waals surface area contributed by atoms with Crippen LogP contribution in [0.15, 0.2) is 71.6 Å². The van der Waals surface area contributed by atoms with Crippen molar-refractivity contribution in [3.05, 3.63) is 77.9 Å². The van der Waals surface area contributed by atoms with Gasteiger partial charge in [0.05, 0.1) is 12.0 Å². The first-order valence-electron chi connectivity index (χ1n) is 8.14. The highest BCUT2D eigenvalue weighted by molar-refractivity contribution is 7.89. The van der Waals surface area contributed by atoms with Crippen molar-refractivity contribution < 1.29 is 22.7 Å². The Morgan fingerprint density at radius 1 is 1.04 bits per heavy atom. The van der Waals surface area contributed by atoms with Gasteiger partial charge in [0.2, 0.25) is 0 Å². The number of hydrogen-bond acceptors (Lipinski definition) is 5. The SMILES string of the molecule is C=C(C(C)=O)[C@H](c1ccccc1)N(C(=O)OC)S(=O)(=O)c1ccc(C)cc1. The van der Waals surface area contributed by atoms with Gasteiger partial charge in [0.25, 0.3) is 10.0 Å². The third-order valence-electron chi connectivity index (χ3n) is 4.06. The molecular formula is C20H21NO5S. The largest absolute Gasteiger partial charge is 0.452 e. The molecule has 0 radical (unpaired) electrons. The van der Waals surface area contributed by atoms with Gasteiger partial charge in [-0.05, 0) is 31.5 Å². The molecule has 0 aromatic heterocycles. The lowest BCUT2D eigenvalue weighted by Crippen LogP contribution is -2.41. The molecule has 2 aromatic rings. The van der Waals surface area contributed by atoms with Crippen molar-refractivity contribution >= 4 is 21.9 Å². The van der Waals surface area contributed by atoms with E-state index in [0.29, 0.717) is 9.87 Å². The number of sulfonamides is 1. The van der Waals surface area contributed by atoms with Crippen molar-refractivity contribution in [2.24, 2.45) is 0 Å². The number of nitrogens with zero attached hydrogens (tertiary/aromatic N) is 1. The number of methoxy groups -OCH3 is 1. The molecule has 142 valence electrons. The van der Waals surface area contributed by atoms with Crippen LogP contribution < -0.4 is 0 Å². The van der Waals surface area contributed by atoms with Gasteiger partial charge in [-0.2, -0.15) is 4.31 Å². The van der Waals surface area contributed by atoms with Crippen LogP contribution in [0.5, 0.6) is 0 Å². The van der Waals surface area contributed by atoms with Crippen LogP contribution in [-0.2, 0) is 19.6 Å². The number of carbonyl (C=O) groups excluding carboxylic acids is 2. The standard InChI is InChI=1S/C20H21NO5S/c1-14-10-12-18(13-11-14)27(24,25)21(20(23)26-4)19(15(2)16(3)22)17-8-6-5-7-9-17/h5-13,19H,2H2,1,3-4H3/t19-/m1/s1. The van der Waals surface area contributed by atoms with E-state index >= 15 is 0 Å². The molecule has 7 heteroatoms. The van der Waals surface area contributed by atoms with Crippen LogP contribution in [0, 0.1) is 6.92 Å². The molecule has 0 spiro atoms. The summed E-state index contributed by atoms with van der Waals surface area (Å²) < 4.78 is 31.8. The van der Waals surface area contributed by atoms with Crippen LogP contribution in [0.3, 0.4) is 0 Å². The molecule has 0 fully saturated rings. The lowest BCUT2D eigenvalue weighted by molar-refractivity contribution is -0.114. The maximum absolute atomic E-state index is 13.3. The molecule has 1 atom stereocenters. The molecule has 0 saturated heterocycles. The first-order valence-corrected chi connectivity index (χ1v) is 9.58. The number of ketones is 1. The summed E-state index contributed by atoms with van der Waals surface area (Å²) in [4.78, 5) is 24.4. The molecule has 0 aliphatic carbocycles. The van der Waals surface area contributed by atoms with Crippen LogP contribution in [0.1, 0.15) is 24.1 Å². The number of aryl methyl sites for hydroxylation is 1. The highest BCUT2D eigenvalue weighted by atomic mass is 32.2. The van der Waals surface area contributed by atoms with Crippen molar-refractivity contribution in [1.82, 2.24) is 4.31 Å². The van der Waals surface area contributed by atoms with E-state index in [1.807, 2.05) is 6.92 Å². The summed E-state index contributed by atoms with van der Waals surface area (Å²) >= 11 is 0. The Morgan fingerprint density at radius 3 is 2.07 bits per heavy atom. The summed E-state index contributed by atoms with van der Waals surface area (Å²) in [5.41, 5.74) is 1.26. The van der Waals surface area contributed by atoms with Crippen molar-refractivity contribution in [2.75, 3.05) is 7.11 Å². The van der Waals surface area contributed by atoms with Crippen LogP contribution in [0.2, 0.25) is 0 Å². The Hall–Kier alpha value is -2.93. The second kappa shape index (κ2) is 8.18. The molecule has 2 rings (SSSR count). The fraction of sp³-hybridized carbons (Fsp3) is 0.200. The summed E-state index contributed by atoms with van der Waals surface area (Å²) in [6.45, 7) is 6.81. The van der Waals surface area contributed by atoms with Gasteiger partial charge in [0.15, 0.2) is 5.78 Å². The van der Waals surface area contributed by atoms with E-state index in [1.54, 1.807) is 42.5 Å². The van der Waals surface area contributed by atoms with E-state index < -0.39 is 27.9 Å². The average Bonchev–Trinajstić information content (AvgIpc) is 2.65. The predicted octanol–water partition coefficient (Wildman–Crippen LogP) is 3.64. The zero-order valence-electron chi connectivity index (χ0n) is 15.4. The number of carbonyl (C=O) groups is 2. The summed E-state index contributed by atoms with van der Waals surface area (Å²) in [5.74, 6) is -0.433. The van der Waals surface area contributed by atoms with Crippen molar-refractivity contribution in [2.45, 2.75) is 24.8 Å². The molecule has 27 heavy (non-hydrogen) atoms. The third kappa shape index (κ3) is 4.25. The molecular weight excluding hydrogens is 366 g/mol. The quantitative estimate of drug-likeness (QED) is 0.707. The van der Waals surface area contributed by atoms with Crippen molar-refractivity contribution in [3.8, 4) is 0 Å². The smallest absolute Gasteiger partial charge is 0.424 e. The molecule has 0 unspecified atom stereocenters. The number of hydrogen-bond donors (Lipinski definition) is 0. The normalized spacial score (nSPS) is 12.1. The third-order valence-corrected chi connectivity index (χ3v) is 5.81. The molecule has 2 aromatic carbocycles. The number of benzene rings is 2. The van der Waals surface area contributed by atoms with E-state index in [0.717, 1.165) is 12.7 Å². The van der Waals surface area contributed by atoms with Crippen LogP contribution in [-0.4, -0.2) is 31.7 Å². The molecule has 1 amide bonds. The van der Waals surface area contributed by atoms with Crippen molar-refractivity contribution in [3.63, 3.8) is 0 Å². The summed E-state index contributed by atoms with van der Waals surface area (Å²) in [6.07, 6.45) is -1.10. The fourth-order valence-corrected chi connectivity index (χ4v) is 4.07. The number of Topliss-reactive ketones (excluding diaryl/α,β-unsaturated/α-hetero) is 1. The topological polar surface area (TPSA) is 80.8 Å². The average molecular weight is 387 g/mol. The summed E-state index contributed by atoms with van der Waals surface area (Å²) in [5, 5.41) is 0. The molecule has 0 aliphatic heterocycles. The van der Waals surface area contributed by atoms with E-state index in [4.69, 9.17) is 4.74 Å². The maximum Gasteiger partial charge on any atom is 0.424 e. The predicted molar refractivity (Wildman–Crippen MR) is 102 cm³/mol. The number of amides is 1. The Bertz CT molecular complexity index is 950. The van der Waals surface area contributed by atoms with E-state index in [1.165, 1.54) is 19.1 Å². The van der Waals surface area contributed by atoms with Gasteiger partial charge in [-0.25, -0.2) is 13.2 Å². The Morgan fingerprint density at radius 2 is 1.59 bits per heavy atom. The monoisotopic (exact) mass is 387 g/mol. The Balaban J connectivity index is 2.71. The minimum absolute atomic E-state index is 0.0395. The highest BCUT2D eigenvalue weighted by Gasteiger charge is 2.40. The first kappa shape index (κ1) is 20.4. The van der Waals surface area contributed by atoms with Crippen LogP contribution in [0.25, 0.3) is 0 Å². The lowest BCUT2D eigenvalue weighted by Gasteiger charge is -2.30. The fourth-order valence-electron chi connectivity index (χ4n) is 2.56. The van der Waals surface area contributed by atoms with Gasteiger partial charge >= 0.3 is 6.09 Å². The van der Waals surface area contributed by atoms with Gasteiger partial charge in [0.1, 0.15) is 6.04 Å². The molecule has 0 N–H and O–H groups in total. The molecule has 0 bridgehead atoms. The van der Waals surface area contributed by atoms with E-state index in [9.17, 15) is 18.0 Å². The Labute approximate surface area is 159 Å².